The molecule has 0 spiro atoms. The molecule has 0 unspecified atom stereocenters. The Morgan fingerprint density at radius 2 is 1.81 bits per heavy atom. The van der Waals surface area contributed by atoms with Crippen molar-refractivity contribution in [3.63, 3.8) is 0 Å². The Bertz CT molecular complexity index is 929. The first kappa shape index (κ1) is 17.9. The van der Waals surface area contributed by atoms with Gasteiger partial charge in [-0.15, -0.1) is 0 Å². The summed E-state index contributed by atoms with van der Waals surface area (Å²) in [6.07, 6.45) is 0.211. The molecule has 0 fully saturated rings. The second-order valence-electron chi connectivity index (χ2n) is 6.35. The van der Waals surface area contributed by atoms with Gasteiger partial charge in [0.05, 0.1) is 6.42 Å². The Morgan fingerprint density at radius 3 is 2.50 bits per heavy atom. The molecular weight excluding hydrogens is 333 g/mol. The quantitative estimate of drug-likeness (QED) is 0.624. The average Bonchev–Trinajstić information content (AvgIpc) is 2.98. The van der Waals surface area contributed by atoms with E-state index in [1.54, 1.807) is 12.1 Å². The number of hydrogen-bond acceptors (Lipinski definition) is 4. The van der Waals surface area contributed by atoms with Crippen LogP contribution in [-0.4, -0.2) is 11.1 Å². The lowest BCUT2D eigenvalue weighted by atomic mass is 10.0. The van der Waals surface area contributed by atoms with Gasteiger partial charge in [0.25, 0.3) is 0 Å². The van der Waals surface area contributed by atoms with Crippen LogP contribution >= 0.6 is 0 Å². The molecule has 134 valence electrons. The molecule has 0 radical (unpaired) electrons. The molecule has 26 heavy (non-hydrogen) atoms. The molecule has 0 aliphatic heterocycles. The first-order valence-corrected chi connectivity index (χ1v) is 8.37. The van der Waals surface area contributed by atoms with Gasteiger partial charge in [0, 0.05) is 11.1 Å². The van der Waals surface area contributed by atoms with Gasteiger partial charge in [-0.1, -0.05) is 23.4 Å². The second kappa shape index (κ2) is 7.52. The van der Waals surface area contributed by atoms with E-state index in [0.717, 1.165) is 22.3 Å². The van der Waals surface area contributed by atoms with E-state index in [9.17, 15) is 9.18 Å². The van der Waals surface area contributed by atoms with Gasteiger partial charge in [-0.25, -0.2) is 4.39 Å². The fourth-order valence-corrected chi connectivity index (χ4v) is 2.65. The van der Waals surface area contributed by atoms with Crippen molar-refractivity contribution in [2.24, 2.45) is 0 Å². The van der Waals surface area contributed by atoms with Crippen LogP contribution in [0.2, 0.25) is 0 Å². The molecule has 3 rings (SSSR count). The van der Waals surface area contributed by atoms with Crippen LogP contribution in [0.3, 0.4) is 0 Å². The van der Waals surface area contributed by atoms with Crippen molar-refractivity contribution in [3.05, 3.63) is 76.2 Å². The summed E-state index contributed by atoms with van der Waals surface area (Å²) in [5.41, 5.74) is 5.31. The number of nitrogens with zero attached hydrogens (tertiary/aromatic N) is 1. The van der Waals surface area contributed by atoms with Gasteiger partial charge in [-0.2, -0.15) is 0 Å². The van der Waals surface area contributed by atoms with E-state index in [0.29, 0.717) is 11.5 Å². The van der Waals surface area contributed by atoms with E-state index < -0.39 is 0 Å². The van der Waals surface area contributed by atoms with Gasteiger partial charge in [0.2, 0.25) is 0 Å². The Balaban J connectivity index is 1.63. The van der Waals surface area contributed by atoms with Crippen molar-refractivity contribution in [1.82, 2.24) is 5.16 Å². The number of halogens is 1. The number of carbonyl (C=O) groups excluding carboxylic acids is 1. The Kier molecular flexibility index (Phi) is 5.16. The smallest absolute Gasteiger partial charge is 0.310 e. The molecule has 0 bridgehead atoms. The van der Waals surface area contributed by atoms with Crippen LogP contribution in [0.5, 0.6) is 0 Å². The van der Waals surface area contributed by atoms with E-state index in [4.69, 9.17) is 9.26 Å². The fraction of sp³-hybridized carbons (Fsp3) is 0.238. The lowest BCUT2D eigenvalue weighted by molar-refractivity contribution is -0.144. The number of aromatic nitrogens is 1. The summed E-state index contributed by atoms with van der Waals surface area (Å²) in [7, 11) is 0. The molecule has 5 heteroatoms. The third-order valence-corrected chi connectivity index (χ3v) is 4.42. The molecule has 0 saturated carbocycles. The maximum absolute atomic E-state index is 13.0. The third kappa shape index (κ3) is 3.99. The van der Waals surface area contributed by atoms with Gasteiger partial charge in [-0.3, -0.25) is 4.79 Å². The highest BCUT2D eigenvalue weighted by Crippen LogP contribution is 2.26. The van der Waals surface area contributed by atoms with Gasteiger partial charge in [0.15, 0.2) is 5.76 Å². The predicted octanol–water partition coefficient (Wildman–Crippen LogP) is 4.69. The fourth-order valence-electron chi connectivity index (χ4n) is 2.65. The highest BCUT2D eigenvalue weighted by atomic mass is 19.1. The summed E-state index contributed by atoms with van der Waals surface area (Å²) in [5.74, 6) is -0.0874. The number of benzene rings is 2. The maximum atomic E-state index is 13.0. The minimum Gasteiger partial charge on any atom is -0.459 e. The Labute approximate surface area is 151 Å². The topological polar surface area (TPSA) is 52.3 Å². The minimum atomic E-state index is -0.320. The first-order chi connectivity index (χ1) is 12.4. The highest BCUT2D eigenvalue weighted by Gasteiger charge is 2.16. The molecule has 0 aliphatic carbocycles. The molecule has 0 aliphatic rings. The normalized spacial score (nSPS) is 10.8. The van der Waals surface area contributed by atoms with E-state index in [1.807, 2.05) is 39.0 Å². The zero-order valence-electron chi connectivity index (χ0n) is 15.0. The lowest BCUT2D eigenvalue weighted by Gasteiger charge is -2.06. The van der Waals surface area contributed by atoms with Gasteiger partial charge >= 0.3 is 5.97 Å². The van der Waals surface area contributed by atoms with Crippen LogP contribution in [0.15, 0.2) is 47.0 Å². The van der Waals surface area contributed by atoms with Crippen LogP contribution in [0.4, 0.5) is 4.39 Å². The number of carbonyl (C=O) groups is 1. The summed E-state index contributed by atoms with van der Waals surface area (Å²) in [6, 6.07) is 11.9. The van der Waals surface area contributed by atoms with Crippen molar-refractivity contribution in [3.8, 4) is 11.3 Å². The van der Waals surface area contributed by atoms with Crippen molar-refractivity contribution < 1.29 is 18.4 Å². The van der Waals surface area contributed by atoms with E-state index in [1.165, 1.54) is 17.7 Å². The highest BCUT2D eigenvalue weighted by molar-refractivity contribution is 5.72. The summed E-state index contributed by atoms with van der Waals surface area (Å²) < 4.78 is 23.7. The SMILES string of the molecule is Cc1ccc(CC(=O)OCc2noc(-c3ccc(F)cc3)c2C)cc1C. The Morgan fingerprint density at radius 1 is 1.08 bits per heavy atom. The summed E-state index contributed by atoms with van der Waals surface area (Å²) in [4.78, 5) is 12.1. The van der Waals surface area contributed by atoms with Gasteiger partial charge < -0.3 is 9.26 Å². The first-order valence-electron chi connectivity index (χ1n) is 8.37. The lowest BCUT2D eigenvalue weighted by Crippen LogP contribution is -2.09. The predicted molar refractivity (Wildman–Crippen MR) is 96.1 cm³/mol. The Hall–Kier alpha value is -2.95. The van der Waals surface area contributed by atoms with Crippen LogP contribution in [0.25, 0.3) is 11.3 Å². The molecule has 3 aromatic rings. The molecule has 0 atom stereocenters. The number of rotatable bonds is 5. The van der Waals surface area contributed by atoms with Crippen molar-refractivity contribution in [1.29, 1.82) is 0 Å². The second-order valence-corrected chi connectivity index (χ2v) is 6.35. The van der Waals surface area contributed by atoms with E-state index >= 15 is 0 Å². The monoisotopic (exact) mass is 353 g/mol. The maximum Gasteiger partial charge on any atom is 0.310 e. The summed E-state index contributed by atoms with van der Waals surface area (Å²) >= 11 is 0. The number of ether oxygens (including phenoxy) is 1. The van der Waals surface area contributed by atoms with Gasteiger partial charge in [0.1, 0.15) is 18.1 Å². The van der Waals surface area contributed by atoms with E-state index in [2.05, 4.69) is 5.16 Å². The minimum absolute atomic E-state index is 0.0419. The summed E-state index contributed by atoms with van der Waals surface area (Å²) in [5, 5.41) is 3.97. The number of hydrogen-bond donors (Lipinski definition) is 0. The number of aryl methyl sites for hydroxylation is 2. The van der Waals surface area contributed by atoms with Gasteiger partial charge in [-0.05, 0) is 61.7 Å². The molecule has 4 nitrogen and oxygen atoms in total. The average molecular weight is 353 g/mol. The molecular formula is C21H20FNO3. The van der Waals surface area contributed by atoms with Crippen LogP contribution in [-0.2, 0) is 22.6 Å². The van der Waals surface area contributed by atoms with Crippen LogP contribution in [0, 0.1) is 26.6 Å². The number of esters is 1. The van der Waals surface area contributed by atoms with Crippen LogP contribution in [0.1, 0.15) is 27.9 Å². The third-order valence-electron chi connectivity index (χ3n) is 4.42. The molecule has 0 saturated heterocycles. The van der Waals surface area contributed by atoms with Crippen molar-refractivity contribution in [2.45, 2.75) is 33.8 Å². The van der Waals surface area contributed by atoms with Crippen LogP contribution < -0.4 is 0 Å². The molecule has 0 amide bonds. The summed E-state index contributed by atoms with van der Waals surface area (Å²) in [6.45, 7) is 5.92. The van der Waals surface area contributed by atoms with Crippen molar-refractivity contribution in [2.75, 3.05) is 0 Å². The van der Waals surface area contributed by atoms with Crippen molar-refractivity contribution >= 4 is 5.97 Å². The molecule has 1 aromatic heterocycles. The standard InChI is InChI=1S/C21H20FNO3/c1-13-4-5-16(10-14(13)2)11-20(24)25-12-19-15(3)21(26-23-19)17-6-8-18(22)9-7-17/h4-10H,11-12H2,1-3H3. The molecule has 0 N–H and O–H groups in total. The molecule has 1 heterocycles. The largest absolute Gasteiger partial charge is 0.459 e. The molecule has 2 aromatic carbocycles. The zero-order valence-corrected chi connectivity index (χ0v) is 15.0. The zero-order chi connectivity index (χ0) is 18.7. The van der Waals surface area contributed by atoms with E-state index in [-0.39, 0.29) is 24.8 Å².